The molecular weight excluding hydrogens is 358 g/mol. The van der Waals surface area contributed by atoms with E-state index in [2.05, 4.69) is 47.9 Å². The molecule has 2 aromatic carbocycles. The van der Waals surface area contributed by atoms with Gasteiger partial charge in [0.05, 0.1) is 4.90 Å². The lowest BCUT2D eigenvalue weighted by molar-refractivity contribution is 0.385. The van der Waals surface area contributed by atoms with Gasteiger partial charge in [-0.3, -0.25) is 0 Å². The standard InChI is InChI=1S/C21H29N3O2S/c1-17(2)18-5-11-21(12-6-18)27(25,26)24-15-13-23(14-16-24)20-9-7-19(8-10-20)22(3)4/h5-12,17H,13-16H2,1-4H3. The first-order valence-corrected chi connectivity index (χ1v) is 10.9. The average Bonchev–Trinajstić information content (AvgIpc) is 2.68. The van der Waals surface area contributed by atoms with Crippen molar-refractivity contribution in [2.75, 3.05) is 50.1 Å². The predicted molar refractivity (Wildman–Crippen MR) is 112 cm³/mol. The lowest BCUT2D eigenvalue weighted by Gasteiger charge is -2.35. The van der Waals surface area contributed by atoms with Crippen molar-refractivity contribution in [1.29, 1.82) is 0 Å². The molecule has 0 unspecified atom stereocenters. The minimum atomic E-state index is -3.43. The van der Waals surface area contributed by atoms with Gasteiger partial charge in [-0.15, -0.1) is 0 Å². The molecule has 0 atom stereocenters. The second-order valence-corrected chi connectivity index (χ2v) is 9.46. The van der Waals surface area contributed by atoms with E-state index in [1.165, 1.54) is 0 Å². The number of nitrogens with zero attached hydrogens (tertiary/aromatic N) is 3. The smallest absolute Gasteiger partial charge is 0.243 e. The summed E-state index contributed by atoms with van der Waals surface area (Å²) in [5, 5.41) is 0. The fourth-order valence-electron chi connectivity index (χ4n) is 3.32. The van der Waals surface area contributed by atoms with Gasteiger partial charge in [-0.25, -0.2) is 8.42 Å². The predicted octanol–water partition coefficient (Wildman–Crippen LogP) is 3.39. The normalized spacial score (nSPS) is 16.0. The van der Waals surface area contributed by atoms with E-state index >= 15 is 0 Å². The molecule has 1 saturated heterocycles. The summed E-state index contributed by atoms with van der Waals surface area (Å²) in [7, 11) is 0.612. The van der Waals surface area contributed by atoms with Crippen LogP contribution in [0, 0.1) is 0 Å². The molecule has 0 bridgehead atoms. The number of piperazine rings is 1. The van der Waals surface area contributed by atoms with Gasteiger partial charge in [0.15, 0.2) is 0 Å². The minimum Gasteiger partial charge on any atom is -0.378 e. The van der Waals surface area contributed by atoms with Gasteiger partial charge in [-0.05, 0) is 47.9 Å². The molecule has 0 amide bonds. The van der Waals surface area contributed by atoms with Crippen LogP contribution in [0.25, 0.3) is 0 Å². The molecule has 0 aromatic heterocycles. The monoisotopic (exact) mass is 387 g/mol. The fourth-order valence-corrected chi connectivity index (χ4v) is 4.74. The fraction of sp³-hybridized carbons (Fsp3) is 0.429. The molecule has 0 radical (unpaired) electrons. The van der Waals surface area contributed by atoms with E-state index in [1.807, 2.05) is 26.2 Å². The Morgan fingerprint density at radius 2 is 1.41 bits per heavy atom. The summed E-state index contributed by atoms with van der Waals surface area (Å²) in [5.41, 5.74) is 3.45. The van der Waals surface area contributed by atoms with Crippen LogP contribution < -0.4 is 9.80 Å². The molecule has 0 spiro atoms. The Balaban J connectivity index is 1.67. The maximum absolute atomic E-state index is 12.9. The Morgan fingerprint density at radius 1 is 0.852 bits per heavy atom. The van der Waals surface area contributed by atoms with Gasteiger partial charge in [0.25, 0.3) is 0 Å². The highest BCUT2D eigenvalue weighted by atomic mass is 32.2. The maximum atomic E-state index is 12.9. The van der Waals surface area contributed by atoms with Gasteiger partial charge in [0.2, 0.25) is 10.0 Å². The third kappa shape index (κ3) is 4.28. The van der Waals surface area contributed by atoms with Gasteiger partial charge in [-0.1, -0.05) is 26.0 Å². The quantitative estimate of drug-likeness (QED) is 0.789. The zero-order valence-electron chi connectivity index (χ0n) is 16.6. The number of anilines is 2. The second kappa shape index (κ2) is 7.90. The van der Waals surface area contributed by atoms with E-state index in [9.17, 15) is 8.42 Å². The van der Waals surface area contributed by atoms with Crippen molar-refractivity contribution in [3.63, 3.8) is 0 Å². The molecule has 0 aliphatic carbocycles. The van der Waals surface area contributed by atoms with Crippen LogP contribution in [0.3, 0.4) is 0 Å². The number of rotatable bonds is 5. The molecule has 0 N–H and O–H groups in total. The van der Waals surface area contributed by atoms with Crippen LogP contribution in [-0.4, -0.2) is 53.0 Å². The summed E-state index contributed by atoms with van der Waals surface area (Å²) in [5.74, 6) is 0.393. The van der Waals surface area contributed by atoms with Crippen molar-refractivity contribution in [3.8, 4) is 0 Å². The van der Waals surface area contributed by atoms with Gasteiger partial charge in [0, 0.05) is 51.6 Å². The average molecular weight is 388 g/mol. The molecule has 1 fully saturated rings. The van der Waals surface area contributed by atoms with Crippen molar-refractivity contribution in [2.45, 2.75) is 24.7 Å². The Kier molecular flexibility index (Phi) is 5.77. The molecule has 3 rings (SSSR count). The van der Waals surface area contributed by atoms with E-state index < -0.39 is 10.0 Å². The SMILES string of the molecule is CC(C)c1ccc(S(=O)(=O)N2CCN(c3ccc(N(C)C)cc3)CC2)cc1. The minimum absolute atomic E-state index is 0.385. The molecule has 5 nitrogen and oxygen atoms in total. The summed E-state index contributed by atoms with van der Waals surface area (Å²) in [4.78, 5) is 4.70. The summed E-state index contributed by atoms with van der Waals surface area (Å²) in [6.07, 6.45) is 0. The van der Waals surface area contributed by atoms with E-state index in [-0.39, 0.29) is 0 Å². The third-order valence-corrected chi connectivity index (χ3v) is 7.07. The highest BCUT2D eigenvalue weighted by Gasteiger charge is 2.28. The van der Waals surface area contributed by atoms with Gasteiger partial charge < -0.3 is 9.80 Å². The number of hydrogen-bond donors (Lipinski definition) is 0. The number of hydrogen-bond acceptors (Lipinski definition) is 4. The molecular formula is C21H29N3O2S. The maximum Gasteiger partial charge on any atom is 0.243 e. The molecule has 0 saturated carbocycles. The van der Waals surface area contributed by atoms with Crippen LogP contribution in [0.2, 0.25) is 0 Å². The zero-order valence-corrected chi connectivity index (χ0v) is 17.4. The van der Waals surface area contributed by atoms with E-state index in [4.69, 9.17) is 0 Å². The molecule has 1 aliphatic heterocycles. The second-order valence-electron chi connectivity index (χ2n) is 7.53. The van der Waals surface area contributed by atoms with Gasteiger partial charge in [-0.2, -0.15) is 4.31 Å². The van der Waals surface area contributed by atoms with Crippen molar-refractivity contribution in [1.82, 2.24) is 4.31 Å². The molecule has 146 valence electrons. The van der Waals surface area contributed by atoms with Crippen molar-refractivity contribution >= 4 is 21.4 Å². The Labute approximate surface area is 163 Å². The summed E-state index contributed by atoms with van der Waals surface area (Å²) < 4.78 is 27.5. The van der Waals surface area contributed by atoms with Gasteiger partial charge >= 0.3 is 0 Å². The van der Waals surface area contributed by atoms with E-state index in [1.54, 1.807) is 16.4 Å². The third-order valence-electron chi connectivity index (χ3n) is 5.15. The largest absolute Gasteiger partial charge is 0.378 e. The highest BCUT2D eigenvalue weighted by molar-refractivity contribution is 7.89. The van der Waals surface area contributed by atoms with Crippen LogP contribution in [0.5, 0.6) is 0 Å². The van der Waals surface area contributed by atoms with Crippen molar-refractivity contribution in [2.24, 2.45) is 0 Å². The molecule has 2 aromatic rings. The molecule has 6 heteroatoms. The van der Waals surface area contributed by atoms with Crippen LogP contribution in [0.4, 0.5) is 11.4 Å². The molecule has 1 heterocycles. The van der Waals surface area contributed by atoms with Crippen molar-refractivity contribution < 1.29 is 8.42 Å². The topological polar surface area (TPSA) is 43.9 Å². The summed E-state index contributed by atoms with van der Waals surface area (Å²) in [6.45, 7) is 6.62. The first-order chi connectivity index (χ1) is 12.8. The van der Waals surface area contributed by atoms with E-state index in [0.29, 0.717) is 37.0 Å². The molecule has 27 heavy (non-hydrogen) atoms. The highest BCUT2D eigenvalue weighted by Crippen LogP contribution is 2.24. The molecule has 1 aliphatic rings. The van der Waals surface area contributed by atoms with Gasteiger partial charge in [0.1, 0.15) is 0 Å². The summed E-state index contributed by atoms with van der Waals surface area (Å²) >= 11 is 0. The lowest BCUT2D eigenvalue weighted by Crippen LogP contribution is -2.48. The summed E-state index contributed by atoms with van der Waals surface area (Å²) in [6, 6.07) is 15.7. The first-order valence-electron chi connectivity index (χ1n) is 9.41. The zero-order chi connectivity index (χ0) is 19.6. The van der Waals surface area contributed by atoms with Crippen LogP contribution in [0.1, 0.15) is 25.3 Å². The number of benzene rings is 2. The van der Waals surface area contributed by atoms with Crippen molar-refractivity contribution in [3.05, 3.63) is 54.1 Å². The van der Waals surface area contributed by atoms with Crippen LogP contribution in [-0.2, 0) is 10.0 Å². The lowest BCUT2D eigenvalue weighted by atomic mass is 10.0. The first kappa shape index (κ1) is 19.7. The Morgan fingerprint density at radius 3 is 1.89 bits per heavy atom. The Hall–Kier alpha value is -2.05. The van der Waals surface area contributed by atoms with Crippen LogP contribution in [0.15, 0.2) is 53.4 Å². The van der Waals surface area contributed by atoms with Crippen LogP contribution >= 0.6 is 0 Å². The Bertz CT molecular complexity index is 851. The number of sulfonamides is 1. The van der Waals surface area contributed by atoms with E-state index in [0.717, 1.165) is 16.9 Å².